The van der Waals surface area contributed by atoms with Crippen molar-refractivity contribution >= 4 is 9.52 Å². The van der Waals surface area contributed by atoms with Crippen LogP contribution in [0.15, 0.2) is 0 Å². The van der Waals surface area contributed by atoms with Gasteiger partial charge in [-0.25, -0.2) is 0 Å². The van der Waals surface area contributed by atoms with E-state index in [1.807, 2.05) is 13.8 Å². The summed E-state index contributed by atoms with van der Waals surface area (Å²) < 4.78 is 11.0. The van der Waals surface area contributed by atoms with Crippen molar-refractivity contribution < 1.29 is 9.47 Å². The van der Waals surface area contributed by atoms with Crippen LogP contribution < -0.4 is 5.32 Å². The second kappa shape index (κ2) is 9.16. The van der Waals surface area contributed by atoms with E-state index in [0.717, 1.165) is 29.3 Å². The Hall–Kier alpha value is 0.0969. The highest BCUT2D eigenvalue weighted by Crippen LogP contribution is 2.01. The highest BCUT2D eigenvalue weighted by molar-refractivity contribution is 6.36. The SMILES string of the molecule is CCOC(OCC)[Si]CCCNC(C)(C)C. The van der Waals surface area contributed by atoms with E-state index in [4.69, 9.17) is 9.47 Å². The maximum atomic E-state index is 5.50. The molecule has 0 aliphatic carbocycles. The zero-order chi connectivity index (χ0) is 12.4. The lowest BCUT2D eigenvalue weighted by Gasteiger charge is -2.21. The molecule has 3 nitrogen and oxygen atoms in total. The van der Waals surface area contributed by atoms with E-state index >= 15 is 0 Å². The van der Waals surface area contributed by atoms with Crippen molar-refractivity contribution in [2.75, 3.05) is 19.8 Å². The molecular formula is C12H27NO2Si. The van der Waals surface area contributed by atoms with Crippen LogP contribution in [-0.2, 0) is 9.47 Å². The molecule has 0 fully saturated rings. The van der Waals surface area contributed by atoms with Gasteiger partial charge in [0, 0.05) is 18.8 Å². The number of hydrogen-bond acceptors (Lipinski definition) is 3. The van der Waals surface area contributed by atoms with Crippen molar-refractivity contribution in [3.05, 3.63) is 0 Å². The molecule has 0 unspecified atom stereocenters. The summed E-state index contributed by atoms with van der Waals surface area (Å²) in [5, 5.41) is 3.48. The fraction of sp³-hybridized carbons (Fsp3) is 1.00. The molecular weight excluding hydrogens is 218 g/mol. The monoisotopic (exact) mass is 245 g/mol. The molecule has 0 rings (SSSR count). The summed E-state index contributed by atoms with van der Waals surface area (Å²) in [7, 11) is 0.746. The van der Waals surface area contributed by atoms with Gasteiger partial charge in [-0.2, -0.15) is 0 Å². The molecule has 0 aromatic rings. The first-order valence-electron chi connectivity index (χ1n) is 6.21. The fourth-order valence-electron chi connectivity index (χ4n) is 1.24. The Morgan fingerprint density at radius 2 is 1.69 bits per heavy atom. The Kier molecular flexibility index (Phi) is 9.22. The minimum absolute atomic E-state index is 0.0182. The van der Waals surface area contributed by atoms with Crippen molar-refractivity contribution in [2.24, 2.45) is 0 Å². The number of ether oxygens (including phenoxy) is 2. The molecule has 4 heteroatoms. The van der Waals surface area contributed by atoms with Gasteiger partial charge in [0.1, 0.15) is 15.4 Å². The zero-order valence-electron chi connectivity index (χ0n) is 11.4. The first-order chi connectivity index (χ1) is 7.49. The maximum Gasteiger partial charge on any atom is 0.137 e. The van der Waals surface area contributed by atoms with E-state index in [9.17, 15) is 0 Å². The normalized spacial score (nSPS) is 12.4. The molecule has 0 saturated heterocycles. The Bertz CT molecular complexity index is 154. The summed E-state index contributed by atoms with van der Waals surface area (Å²) in [5.74, 6) is 0.0182. The van der Waals surface area contributed by atoms with Gasteiger partial charge in [-0.05, 0) is 47.6 Å². The molecule has 2 radical (unpaired) electrons. The van der Waals surface area contributed by atoms with Crippen molar-refractivity contribution in [1.82, 2.24) is 5.32 Å². The van der Waals surface area contributed by atoms with E-state index in [2.05, 4.69) is 26.1 Å². The third-order valence-corrected chi connectivity index (χ3v) is 3.26. The molecule has 0 amide bonds. The third-order valence-electron chi connectivity index (χ3n) is 1.96. The lowest BCUT2D eigenvalue weighted by atomic mass is 10.1. The quantitative estimate of drug-likeness (QED) is 0.384. The Morgan fingerprint density at radius 3 is 2.12 bits per heavy atom. The summed E-state index contributed by atoms with van der Waals surface area (Å²) in [5.41, 5.74) is 0.225. The molecule has 0 atom stereocenters. The van der Waals surface area contributed by atoms with Gasteiger partial charge in [-0.3, -0.25) is 0 Å². The van der Waals surface area contributed by atoms with Gasteiger partial charge in [0.2, 0.25) is 0 Å². The number of nitrogens with one attached hydrogen (secondary N) is 1. The van der Waals surface area contributed by atoms with E-state index in [-0.39, 0.29) is 11.5 Å². The van der Waals surface area contributed by atoms with Crippen LogP contribution in [0.2, 0.25) is 6.04 Å². The van der Waals surface area contributed by atoms with Crippen LogP contribution in [0, 0.1) is 0 Å². The number of hydrogen-bond donors (Lipinski definition) is 1. The molecule has 0 spiro atoms. The van der Waals surface area contributed by atoms with E-state index in [1.54, 1.807) is 0 Å². The van der Waals surface area contributed by atoms with Gasteiger partial charge in [0.15, 0.2) is 0 Å². The van der Waals surface area contributed by atoms with Gasteiger partial charge < -0.3 is 14.8 Å². The lowest BCUT2D eigenvalue weighted by molar-refractivity contribution is -0.0827. The van der Waals surface area contributed by atoms with Crippen LogP contribution >= 0.6 is 0 Å². The fourth-order valence-corrected chi connectivity index (χ4v) is 2.43. The predicted octanol–water partition coefficient (Wildman–Crippen LogP) is 2.24. The predicted molar refractivity (Wildman–Crippen MR) is 70.0 cm³/mol. The summed E-state index contributed by atoms with van der Waals surface area (Å²) in [4.78, 5) is 0. The van der Waals surface area contributed by atoms with Crippen molar-refractivity contribution in [3.63, 3.8) is 0 Å². The summed E-state index contributed by atoms with van der Waals surface area (Å²) in [6, 6.07) is 1.17. The second-order valence-corrected chi connectivity index (χ2v) is 6.11. The second-order valence-electron chi connectivity index (χ2n) is 4.73. The topological polar surface area (TPSA) is 30.5 Å². The third kappa shape index (κ3) is 10.6. The molecule has 0 aromatic carbocycles. The Balaban J connectivity index is 3.46. The smallest absolute Gasteiger partial charge is 0.137 e. The minimum Gasteiger partial charge on any atom is -0.357 e. The molecule has 1 N–H and O–H groups in total. The van der Waals surface area contributed by atoms with E-state index in [1.165, 1.54) is 12.5 Å². The van der Waals surface area contributed by atoms with Gasteiger partial charge in [0.05, 0.1) is 0 Å². The number of rotatable bonds is 9. The summed E-state index contributed by atoms with van der Waals surface area (Å²) >= 11 is 0. The molecule has 0 aromatic heterocycles. The first-order valence-corrected chi connectivity index (χ1v) is 7.49. The van der Waals surface area contributed by atoms with Gasteiger partial charge in [-0.1, -0.05) is 6.04 Å². The molecule has 0 saturated carbocycles. The molecule has 0 aliphatic rings. The minimum atomic E-state index is 0.0182. The molecule has 0 heterocycles. The maximum absolute atomic E-state index is 5.50. The van der Waals surface area contributed by atoms with Crippen LogP contribution in [0.1, 0.15) is 41.0 Å². The molecule has 96 valence electrons. The van der Waals surface area contributed by atoms with Gasteiger partial charge >= 0.3 is 0 Å². The van der Waals surface area contributed by atoms with Crippen LogP contribution in [-0.4, -0.2) is 40.7 Å². The highest BCUT2D eigenvalue weighted by Gasteiger charge is 2.10. The standard InChI is InChI=1S/C12H27NO2Si/c1-6-14-11(15-7-2)16-10-8-9-13-12(3,4)5/h11,13H,6-10H2,1-5H3. The van der Waals surface area contributed by atoms with Crippen molar-refractivity contribution in [2.45, 2.75) is 58.5 Å². The molecule has 16 heavy (non-hydrogen) atoms. The first kappa shape index (κ1) is 16.1. The summed E-state index contributed by atoms with van der Waals surface area (Å²) in [6.07, 6.45) is 1.19. The van der Waals surface area contributed by atoms with Crippen LogP contribution in [0.4, 0.5) is 0 Å². The molecule has 0 aliphatic heterocycles. The zero-order valence-corrected chi connectivity index (χ0v) is 12.4. The average molecular weight is 245 g/mol. The van der Waals surface area contributed by atoms with Crippen LogP contribution in [0.5, 0.6) is 0 Å². The van der Waals surface area contributed by atoms with Crippen LogP contribution in [0.25, 0.3) is 0 Å². The van der Waals surface area contributed by atoms with Gasteiger partial charge in [0.25, 0.3) is 0 Å². The van der Waals surface area contributed by atoms with E-state index < -0.39 is 0 Å². The highest BCUT2D eigenvalue weighted by atomic mass is 28.2. The van der Waals surface area contributed by atoms with Crippen LogP contribution in [0.3, 0.4) is 0 Å². The van der Waals surface area contributed by atoms with Crippen molar-refractivity contribution in [1.29, 1.82) is 0 Å². The largest absolute Gasteiger partial charge is 0.357 e. The van der Waals surface area contributed by atoms with Gasteiger partial charge in [-0.15, -0.1) is 0 Å². The lowest BCUT2D eigenvalue weighted by Crippen LogP contribution is -2.36. The molecule has 0 bridgehead atoms. The Morgan fingerprint density at radius 1 is 1.12 bits per heavy atom. The van der Waals surface area contributed by atoms with Crippen molar-refractivity contribution in [3.8, 4) is 0 Å². The Labute approximate surface area is 103 Å². The van der Waals surface area contributed by atoms with E-state index in [0.29, 0.717) is 0 Å². The summed E-state index contributed by atoms with van der Waals surface area (Å²) in [6.45, 7) is 13.1. The average Bonchev–Trinajstić information content (AvgIpc) is 2.16.